The van der Waals surface area contributed by atoms with E-state index >= 15 is 0 Å². The molecule has 8 N–H and O–H groups in total. The molecular weight excluding hydrogens is 138 g/mol. The van der Waals surface area contributed by atoms with Crippen molar-refractivity contribution in [2.75, 3.05) is 7.05 Å². The first-order chi connectivity index (χ1) is 4.00. The minimum absolute atomic E-state index is 0.333. The van der Waals surface area contributed by atoms with Crippen molar-refractivity contribution in [1.82, 2.24) is 5.32 Å². The quantitative estimate of drug-likeness (QED) is 0.160. The lowest BCUT2D eigenvalue weighted by molar-refractivity contribution is 1.18. The lowest BCUT2D eigenvalue weighted by Gasteiger charge is -1.85. The van der Waals surface area contributed by atoms with Crippen molar-refractivity contribution in [3.05, 3.63) is 0 Å². The number of nitrogens with two attached hydrogens (primary N) is 3. The van der Waals surface area contributed by atoms with Gasteiger partial charge < -0.3 is 22.5 Å². The second-order valence-electron chi connectivity index (χ2n) is 1.07. The molecule has 0 bridgehead atoms. The fraction of sp³-hybridized carbons (Fsp3) is 0.333. The van der Waals surface area contributed by atoms with Crippen LogP contribution in [0.25, 0.3) is 0 Å². The summed E-state index contributed by atoms with van der Waals surface area (Å²) in [6.45, 7) is 0. The molecule has 5 nitrogen and oxygen atoms in total. The maximum absolute atomic E-state index is 6.06. The summed E-state index contributed by atoms with van der Waals surface area (Å²) in [5.74, 6) is -0.333. The van der Waals surface area contributed by atoms with Crippen LogP contribution in [-0.4, -0.2) is 18.1 Å². The monoisotopic (exact) mass is 149 g/mol. The van der Waals surface area contributed by atoms with E-state index in [2.05, 4.69) is 29.0 Å². The number of hydrogen-bond donors (Lipinski definition) is 5. The van der Waals surface area contributed by atoms with Gasteiger partial charge in [0.25, 0.3) is 0 Å². The van der Waals surface area contributed by atoms with Gasteiger partial charge in [0.05, 0.1) is 0 Å². The Balaban J connectivity index is 0. The maximum atomic E-state index is 6.06. The summed E-state index contributed by atoms with van der Waals surface area (Å²) in [6, 6.07) is 0. The van der Waals surface area contributed by atoms with Gasteiger partial charge in [-0.15, -0.1) is 0 Å². The highest BCUT2D eigenvalue weighted by molar-refractivity contribution is 7.80. The van der Waals surface area contributed by atoms with Gasteiger partial charge in [-0.3, -0.25) is 5.41 Å². The summed E-state index contributed by atoms with van der Waals surface area (Å²) in [5, 5.41) is 8.93. The van der Waals surface area contributed by atoms with E-state index in [1.54, 1.807) is 7.05 Å². The molecule has 0 fully saturated rings. The van der Waals surface area contributed by atoms with E-state index in [9.17, 15) is 0 Å². The Bertz CT molecular complexity index is 96.4. The topological polar surface area (TPSA) is 114 Å². The Labute approximate surface area is 59.1 Å². The highest BCUT2D eigenvalue weighted by Gasteiger charge is 1.66. The smallest absolute Gasteiger partial charge is 0.183 e. The zero-order chi connectivity index (χ0) is 7.86. The summed E-state index contributed by atoms with van der Waals surface area (Å²) in [5.41, 5.74) is 13.9. The van der Waals surface area contributed by atoms with E-state index < -0.39 is 0 Å². The SMILES string of the molecule is CNC(N)=S.N=C(N)N. The summed E-state index contributed by atoms with van der Waals surface area (Å²) >= 11 is 4.36. The Kier molecular flexibility index (Phi) is 8.39. The molecule has 0 aliphatic heterocycles. The van der Waals surface area contributed by atoms with Crippen molar-refractivity contribution in [2.45, 2.75) is 0 Å². The van der Waals surface area contributed by atoms with E-state index in [4.69, 9.17) is 11.1 Å². The second-order valence-corrected chi connectivity index (χ2v) is 1.51. The van der Waals surface area contributed by atoms with E-state index in [0.717, 1.165) is 0 Å². The van der Waals surface area contributed by atoms with E-state index in [-0.39, 0.29) is 5.96 Å². The molecule has 9 heavy (non-hydrogen) atoms. The molecule has 0 atom stereocenters. The van der Waals surface area contributed by atoms with Crippen molar-refractivity contribution in [2.24, 2.45) is 17.2 Å². The number of thiocarbonyl (C=S) groups is 1. The highest BCUT2D eigenvalue weighted by atomic mass is 32.1. The Morgan fingerprint density at radius 2 is 1.56 bits per heavy atom. The maximum Gasteiger partial charge on any atom is 0.183 e. The first-order valence-electron chi connectivity index (χ1n) is 2.07. The summed E-state index contributed by atoms with van der Waals surface area (Å²) in [7, 11) is 1.68. The molecule has 0 aliphatic rings. The zero-order valence-electron chi connectivity index (χ0n) is 5.14. The van der Waals surface area contributed by atoms with Gasteiger partial charge in [-0.1, -0.05) is 0 Å². The van der Waals surface area contributed by atoms with Crippen LogP contribution < -0.4 is 22.5 Å². The molecule has 0 heterocycles. The van der Waals surface area contributed by atoms with Crippen LogP contribution >= 0.6 is 12.2 Å². The average molecular weight is 149 g/mol. The second kappa shape index (κ2) is 6.96. The van der Waals surface area contributed by atoms with Gasteiger partial charge in [-0.2, -0.15) is 0 Å². The fourth-order valence-corrected chi connectivity index (χ4v) is 0. The van der Waals surface area contributed by atoms with Crippen LogP contribution in [0.5, 0.6) is 0 Å². The molecule has 0 saturated heterocycles. The molecule has 0 aromatic carbocycles. The Morgan fingerprint density at radius 1 is 1.44 bits per heavy atom. The first kappa shape index (κ1) is 10.9. The molecule has 0 aromatic rings. The largest absolute Gasteiger partial charge is 0.376 e. The fourth-order valence-electron chi connectivity index (χ4n) is 0. The van der Waals surface area contributed by atoms with Crippen molar-refractivity contribution >= 4 is 23.3 Å². The van der Waals surface area contributed by atoms with Gasteiger partial charge in [-0.25, -0.2) is 0 Å². The van der Waals surface area contributed by atoms with E-state index in [1.807, 2.05) is 0 Å². The zero-order valence-corrected chi connectivity index (χ0v) is 5.96. The van der Waals surface area contributed by atoms with Gasteiger partial charge >= 0.3 is 0 Å². The predicted molar refractivity (Wildman–Crippen MR) is 41.9 cm³/mol. The van der Waals surface area contributed by atoms with Crippen molar-refractivity contribution < 1.29 is 0 Å². The lowest BCUT2D eigenvalue weighted by atomic mass is 11.1. The van der Waals surface area contributed by atoms with Crippen molar-refractivity contribution in [3.63, 3.8) is 0 Å². The molecule has 0 spiro atoms. The van der Waals surface area contributed by atoms with E-state index in [1.165, 1.54) is 0 Å². The Morgan fingerprint density at radius 3 is 1.56 bits per heavy atom. The Hall–Kier alpha value is -1.04. The van der Waals surface area contributed by atoms with Crippen LogP contribution in [0.15, 0.2) is 0 Å². The third-order valence-corrected chi connectivity index (χ3v) is 0.451. The van der Waals surface area contributed by atoms with Gasteiger partial charge in [0.2, 0.25) is 0 Å². The molecular formula is C3H11N5S. The van der Waals surface area contributed by atoms with Crippen LogP contribution in [-0.2, 0) is 0 Å². The minimum atomic E-state index is -0.333. The number of nitrogens with one attached hydrogen (secondary N) is 2. The van der Waals surface area contributed by atoms with Crippen LogP contribution in [0.1, 0.15) is 0 Å². The number of rotatable bonds is 0. The molecule has 0 amide bonds. The van der Waals surface area contributed by atoms with E-state index in [0.29, 0.717) is 5.11 Å². The molecule has 0 radical (unpaired) electrons. The summed E-state index contributed by atoms with van der Waals surface area (Å²) in [4.78, 5) is 0. The van der Waals surface area contributed by atoms with Gasteiger partial charge in [-0.05, 0) is 12.2 Å². The minimum Gasteiger partial charge on any atom is -0.376 e. The summed E-state index contributed by atoms with van der Waals surface area (Å²) in [6.07, 6.45) is 0. The van der Waals surface area contributed by atoms with Crippen molar-refractivity contribution in [3.8, 4) is 0 Å². The third kappa shape index (κ3) is 186. The van der Waals surface area contributed by atoms with Crippen LogP contribution in [0.4, 0.5) is 0 Å². The number of hydrogen-bond acceptors (Lipinski definition) is 2. The molecule has 0 saturated carbocycles. The molecule has 54 valence electrons. The van der Waals surface area contributed by atoms with Crippen LogP contribution in [0.2, 0.25) is 0 Å². The first-order valence-corrected chi connectivity index (χ1v) is 2.48. The standard InChI is InChI=1S/C2H6N2S.CH5N3/c1-4-2(3)5;2-1(3)4/h1H3,(H3,3,4,5);(H5,2,3,4). The van der Waals surface area contributed by atoms with Crippen molar-refractivity contribution in [1.29, 1.82) is 5.41 Å². The van der Waals surface area contributed by atoms with Gasteiger partial charge in [0, 0.05) is 7.05 Å². The molecule has 0 aromatic heterocycles. The molecule has 0 rings (SSSR count). The molecule has 6 heteroatoms. The van der Waals surface area contributed by atoms with Crippen LogP contribution in [0.3, 0.4) is 0 Å². The van der Waals surface area contributed by atoms with Crippen LogP contribution in [0, 0.1) is 5.41 Å². The molecule has 0 unspecified atom stereocenters. The predicted octanol–water partition coefficient (Wildman–Crippen LogP) is -1.71. The third-order valence-electron chi connectivity index (χ3n) is 0.246. The average Bonchev–Trinajstić information content (AvgIpc) is 1.65. The van der Waals surface area contributed by atoms with Gasteiger partial charge in [0.15, 0.2) is 11.1 Å². The lowest BCUT2D eigenvalue weighted by Crippen LogP contribution is -2.24. The highest BCUT2D eigenvalue weighted by Crippen LogP contribution is 1.43. The molecule has 0 aliphatic carbocycles. The summed E-state index contributed by atoms with van der Waals surface area (Å²) < 4.78 is 0. The normalized spacial score (nSPS) is 6.33. The number of guanidine groups is 1. The van der Waals surface area contributed by atoms with Gasteiger partial charge in [0.1, 0.15) is 0 Å².